The predicted molar refractivity (Wildman–Crippen MR) is 86.3 cm³/mol. The second-order valence-electron chi connectivity index (χ2n) is 5.67. The lowest BCUT2D eigenvalue weighted by Gasteiger charge is -2.08. The van der Waals surface area contributed by atoms with Crippen molar-refractivity contribution in [1.29, 1.82) is 0 Å². The van der Waals surface area contributed by atoms with E-state index in [1.807, 2.05) is 0 Å². The van der Waals surface area contributed by atoms with Crippen LogP contribution >= 0.6 is 0 Å². The lowest BCUT2D eigenvalue weighted by Crippen LogP contribution is -2.25. The Kier molecular flexibility index (Phi) is 4.28. The van der Waals surface area contributed by atoms with Crippen molar-refractivity contribution in [1.82, 2.24) is 15.1 Å². The zero-order valence-corrected chi connectivity index (χ0v) is 12.9. The molecule has 124 valence electrons. The summed E-state index contributed by atoms with van der Waals surface area (Å²) >= 11 is 0. The van der Waals surface area contributed by atoms with E-state index in [0.717, 1.165) is 12.8 Å². The SMILES string of the molecule is NC(=O)c1cnn(CC(=O)Nc2cccc(C(=O)NC3CC3)c2)c1. The fraction of sp³-hybridized carbons (Fsp3) is 0.250. The minimum Gasteiger partial charge on any atom is -0.366 e. The lowest BCUT2D eigenvalue weighted by atomic mass is 10.2. The zero-order chi connectivity index (χ0) is 17.1. The van der Waals surface area contributed by atoms with E-state index in [-0.39, 0.29) is 30.0 Å². The summed E-state index contributed by atoms with van der Waals surface area (Å²) in [5, 5.41) is 9.49. The zero-order valence-electron chi connectivity index (χ0n) is 12.9. The number of rotatable bonds is 6. The van der Waals surface area contributed by atoms with E-state index in [1.165, 1.54) is 17.1 Å². The van der Waals surface area contributed by atoms with Crippen LogP contribution in [0.4, 0.5) is 5.69 Å². The van der Waals surface area contributed by atoms with Crippen molar-refractivity contribution in [3.63, 3.8) is 0 Å². The van der Waals surface area contributed by atoms with Crippen molar-refractivity contribution >= 4 is 23.4 Å². The Labute approximate surface area is 138 Å². The van der Waals surface area contributed by atoms with Crippen LogP contribution < -0.4 is 16.4 Å². The minimum atomic E-state index is -0.601. The molecule has 24 heavy (non-hydrogen) atoms. The molecule has 2 aromatic rings. The minimum absolute atomic E-state index is 0.0637. The molecule has 1 aromatic heterocycles. The quantitative estimate of drug-likeness (QED) is 0.716. The molecule has 0 atom stereocenters. The first-order valence-corrected chi connectivity index (χ1v) is 7.54. The van der Waals surface area contributed by atoms with Crippen LogP contribution in [-0.2, 0) is 11.3 Å². The first-order chi connectivity index (χ1) is 11.5. The van der Waals surface area contributed by atoms with Crippen molar-refractivity contribution < 1.29 is 14.4 Å². The van der Waals surface area contributed by atoms with Gasteiger partial charge >= 0.3 is 0 Å². The second-order valence-corrected chi connectivity index (χ2v) is 5.67. The first-order valence-electron chi connectivity index (χ1n) is 7.54. The molecule has 0 aliphatic heterocycles. The summed E-state index contributed by atoms with van der Waals surface area (Å²) in [5.74, 6) is -1.07. The van der Waals surface area contributed by atoms with E-state index in [1.54, 1.807) is 24.3 Å². The summed E-state index contributed by atoms with van der Waals surface area (Å²) in [6.45, 7) is -0.0637. The molecule has 3 amide bonds. The molecule has 0 spiro atoms. The van der Waals surface area contributed by atoms with Crippen LogP contribution in [0.3, 0.4) is 0 Å². The molecule has 8 nitrogen and oxygen atoms in total. The third-order valence-corrected chi connectivity index (χ3v) is 3.54. The lowest BCUT2D eigenvalue weighted by molar-refractivity contribution is -0.116. The Bertz CT molecular complexity index is 795. The van der Waals surface area contributed by atoms with E-state index in [4.69, 9.17) is 5.73 Å². The maximum atomic E-state index is 12.0. The number of carbonyl (C=O) groups is 3. The molecule has 8 heteroatoms. The highest BCUT2D eigenvalue weighted by molar-refractivity contribution is 5.97. The van der Waals surface area contributed by atoms with Crippen LogP contribution in [0.5, 0.6) is 0 Å². The van der Waals surface area contributed by atoms with Gasteiger partial charge in [-0.15, -0.1) is 0 Å². The van der Waals surface area contributed by atoms with Crippen LogP contribution in [-0.4, -0.2) is 33.5 Å². The largest absolute Gasteiger partial charge is 0.366 e. The van der Waals surface area contributed by atoms with Crippen LogP contribution in [0.2, 0.25) is 0 Å². The molecule has 1 aliphatic carbocycles. The highest BCUT2D eigenvalue weighted by Crippen LogP contribution is 2.20. The van der Waals surface area contributed by atoms with Gasteiger partial charge in [-0.3, -0.25) is 19.1 Å². The number of primary amides is 1. The van der Waals surface area contributed by atoms with Gasteiger partial charge in [-0.2, -0.15) is 5.10 Å². The number of hydrogen-bond acceptors (Lipinski definition) is 4. The Morgan fingerprint density at radius 3 is 2.71 bits per heavy atom. The van der Waals surface area contributed by atoms with E-state index in [2.05, 4.69) is 15.7 Å². The number of carbonyl (C=O) groups excluding carboxylic acids is 3. The summed E-state index contributed by atoms with van der Waals surface area (Å²) in [5.41, 5.74) is 6.39. The van der Waals surface area contributed by atoms with Gasteiger partial charge in [-0.25, -0.2) is 0 Å². The van der Waals surface area contributed by atoms with Crippen LogP contribution in [0.15, 0.2) is 36.7 Å². The average Bonchev–Trinajstić information content (AvgIpc) is 3.22. The molecular formula is C16H17N5O3. The van der Waals surface area contributed by atoms with Crippen LogP contribution in [0.25, 0.3) is 0 Å². The monoisotopic (exact) mass is 327 g/mol. The van der Waals surface area contributed by atoms with E-state index in [0.29, 0.717) is 11.3 Å². The van der Waals surface area contributed by atoms with Gasteiger partial charge in [0.2, 0.25) is 5.91 Å². The van der Waals surface area contributed by atoms with Gasteiger partial charge in [-0.05, 0) is 31.0 Å². The van der Waals surface area contributed by atoms with Crippen molar-refractivity contribution in [2.45, 2.75) is 25.4 Å². The van der Waals surface area contributed by atoms with Crippen molar-refractivity contribution in [2.75, 3.05) is 5.32 Å². The maximum absolute atomic E-state index is 12.0. The smallest absolute Gasteiger partial charge is 0.251 e. The first kappa shape index (κ1) is 15.7. The predicted octanol–water partition coefficient (Wildman–Crippen LogP) is 0.513. The fourth-order valence-corrected chi connectivity index (χ4v) is 2.16. The van der Waals surface area contributed by atoms with Gasteiger partial charge in [0.1, 0.15) is 6.54 Å². The van der Waals surface area contributed by atoms with Gasteiger partial charge in [0.15, 0.2) is 0 Å². The molecule has 0 bridgehead atoms. The number of nitrogens with zero attached hydrogens (tertiary/aromatic N) is 2. The van der Waals surface area contributed by atoms with Gasteiger partial charge in [0, 0.05) is 23.5 Å². The Morgan fingerprint density at radius 1 is 1.25 bits per heavy atom. The number of anilines is 1. The molecule has 1 fully saturated rings. The molecule has 3 rings (SSSR count). The van der Waals surface area contributed by atoms with Crippen molar-refractivity contribution in [3.8, 4) is 0 Å². The van der Waals surface area contributed by atoms with Crippen LogP contribution in [0.1, 0.15) is 33.6 Å². The molecular weight excluding hydrogens is 310 g/mol. The second kappa shape index (κ2) is 6.53. The number of nitrogens with one attached hydrogen (secondary N) is 2. The average molecular weight is 327 g/mol. The number of nitrogens with two attached hydrogens (primary N) is 1. The number of aromatic nitrogens is 2. The van der Waals surface area contributed by atoms with Gasteiger partial charge in [0.25, 0.3) is 11.8 Å². The molecule has 1 aromatic carbocycles. The number of hydrogen-bond donors (Lipinski definition) is 3. The Balaban J connectivity index is 1.60. The van der Waals surface area contributed by atoms with Crippen molar-refractivity contribution in [3.05, 3.63) is 47.8 Å². The molecule has 1 heterocycles. The van der Waals surface area contributed by atoms with Gasteiger partial charge < -0.3 is 16.4 Å². The highest BCUT2D eigenvalue weighted by Gasteiger charge is 2.23. The van der Waals surface area contributed by atoms with E-state index in [9.17, 15) is 14.4 Å². The Hall–Kier alpha value is -3.16. The molecule has 1 aliphatic rings. The van der Waals surface area contributed by atoms with Crippen LogP contribution in [0, 0.1) is 0 Å². The number of benzene rings is 1. The Morgan fingerprint density at radius 2 is 2.04 bits per heavy atom. The summed E-state index contributed by atoms with van der Waals surface area (Å²) < 4.78 is 1.32. The molecule has 0 radical (unpaired) electrons. The third kappa shape index (κ3) is 3.97. The third-order valence-electron chi connectivity index (χ3n) is 3.54. The van der Waals surface area contributed by atoms with Gasteiger partial charge in [-0.1, -0.05) is 6.07 Å². The summed E-state index contributed by atoms with van der Waals surface area (Å²) in [6.07, 6.45) is 4.73. The normalized spacial score (nSPS) is 13.3. The summed E-state index contributed by atoms with van der Waals surface area (Å²) in [6, 6.07) is 6.99. The summed E-state index contributed by atoms with van der Waals surface area (Å²) in [7, 11) is 0. The van der Waals surface area contributed by atoms with Gasteiger partial charge in [0.05, 0.1) is 11.8 Å². The topological polar surface area (TPSA) is 119 Å². The summed E-state index contributed by atoms with van der Waals surface area (Å²) in [4.78, 5) is 35.1. The number of amides is 3. The van der Waals surface area contributed by atoms with Crippen molar-refractivity contribution in [2.24, 2.45) is 5.73 Å². The molecule has 4 N–H and O–H groups in total. The standard InChI is InChI=1S/C16H17N5O3/c17-15(23)11-7-18-21(8-11)9-14(22)19-13-3-1-2-10(6-13)16(24)20-12-4-5-12/h1-3,6-8,12H,4-5,9H2,(H2,17,23)(H,19,22)(H,20,24). The van der Waals surface area contributed by atoms with E-state index >= 15 is 0 Å². The molecule has 0 saturated heterocycles. The molecule has 0 unspecified atom stereocenters. The fourth-order valence-electron chi connectivity index (χ4n) is 2.16. The van der Waals surface area contributed by atoms with E-state index < -0.39 is 5.91 Å². The maximum Gasteiger partial charge on any atom is 0.251 e. The highest BCUT2D eigenvalue weighted by atomic mass is 16.2. The molecule has 1 saturated carbocycles.